The molecule has 0 heterocycles. The zero-order valence-corrected chi connectivity index (χ0v) is 10.4. The number of rotatable bonds is 0. The number of urea groups is 1. The van der Waals surface area contributed by atoms with E-state index >= 15 is 0 Å². The molecule has 1 aromatic rings. The smallest absolute Gasteiger partial charge is 0.309 e. The normalized spacial score (nSPS) is 9.12. The van der Waals surface area contributed by atoms with Crippen molar-refractivity contribution in [1.82, 2.24) is 0 Å². The minimum absolute atomic E-state index is 0.174. The third kappa shape index (κ3) is 10.2. The highest BCUT2D eigenvalue weighted by atomic mass is 16.3. The lowest BCUT2D eigenvalue weighted by atomic mass is 9.87. The van der Waals surface area contributed by atoms with Gasteiger partial charge in [-0.05, 0) is 23.1 Å². The summed E-state index contributed by atoms with van der Waals surface area (Å²) in [6.45, 7) is 8.46. The second kappa shape index (κ2) is 8.15. The van der Waals surface area contributed by atoms with Gasteiger partial charge in [-0.2, -0.15) is 0 Å². The number of hydrogen-bond donors (Lipinski definition) is 3. The SMILES string of the molecule is C=O.CC(C)(C)c1ccc(O)cc1.NC(N)=O. The fraction of sp³-hybridized carbons (Fsp3) is 0.333. The van der Waals surface area contributed by atoms with E-state index < -0.39 is 6.03 Å². The number of amides is 2. The summed E-state index contributed by atoms with van der Waals surface area (Å²) in [4.78, 5) is 17.0. The van der Waals surface area contributed by atoms with Crippen LogP contribution in [0.1, 0.15) is 26.3 Å². The Labute approximate surface area is 101 Å². The van der Waals surface area contributed by atoms with Crippen molar-refractivity contribution in [2.45, 2.75) is 26.2 Å². The first-order valence-electron chi connectivity index (χ1n) is 4.87. The number of primary amides is 2. The first kappa shape index (κ1) is 17.4. The van der Waals surface area contributed by atoms with E-state index in [1.54, 1.807) is 12.1 Å². The molecule has 0 radical (unpaired) electrons. The number of phenols is 1. The molecular weight excluding hydrogens is 220 g/mol. The van der Waals surface area contributed by atoms with E-state index in [9.17, 15) is 0 Å². The summed E-state index contributed by atoms with van der Waals surface area (Å²) in [6, 6.07) is 6.52. The summed E-state index contributed by atoms with van der Waals surface area (Å²) in [5.74, 6) is 0.331. The molecule has 1 rings (SSSR count). The van der Waals surface area contributed by atoms with E-state index in [4.69, 9.17) is 14.7 Å². The van der Waals surface area contributed by atoms with Crippen molar-refractivity contribution in [3.05, 3.63) is 29.8 Å². The molecule has 0 aliphatic carbocycles. The number of hydrogen-bond acceptors (Lipinski definition) is 3. The highest BCUT2D eigenvalue weighted by Crippen LogP contribution is 2.23. The maximum absolute atomic E-state index is 9.02. The van der Waals surface area contributed by atoms with Gasteiger partial charge in [0.2, 0.25) is 0 Å². The number of carbonyl (C=O) groups excluding carboxylic acids is 2. The summed E-state index contributed by atoms with van der Waals surface area (Å²) in [5, 5.41) is 9.02. The maximum atomic E-state index is 9.02. The Morgan fingerprint density at radius 2 is 1.41 bits per heavy atom. The van der Waals surface area contributed by atoms with E-state index in [2.05, 4.69) is 32.2 Å². The molecule has 0 aliphatic rings. The van der Waals surface area contributed by atoms with Crippen LogP contribution in [0.25, 0.3) is 0 Å². The predicted molar refractivity (Wildman–Crippen MR) is 67.7 cm³/mol. The minimum Gasteiger partial charge on any atom is -0.508 e. The third-order valence-corrected chi connectivity index (χ3v) is 1.73. The molecule has 0 aliphatic heterocycles. The number of phenolic OH excluding ortho intramolecular Hbond substituents is 1. The molecule has 0 saturated heterocycles. The lowest BCUT2D eigenvalue weighted by molar-refractivity contribution is -0.0979. The Balaban J connectivity index is 0. The highest BCUT2D eigenvalue weighted by molar-refractivity contribution is 5.69. The topological polar surface area (TPSA) is 106 Å². The monoisotopic (exact) mass is 240 g/mol. The van der Waals surface area contributed by atoms with Crippen LogP contribution in [0.5, 0.6) is 5.75 Å². The van der Waals surface area contributed by atoms with Gasteiger partial charge in [0.1, 0.15) is 12.5 Å². The van der Waals surface area contributed by atoms with Gasteiger partial charge in [-0.15, -0.1) is 0 Å². The van der Waals surface area contributed by atoms with Gasteiger partial charge in [-0.1, -0.05) is 32.9 Å². The van der Waals surface area contributed by atoms with E-state index in [1.165, 1.54) is 5.56 Å². The van der Waals surface area contributed by atoms with Crippen LogP contribution < -0.4 is 11.5 Å². The van der Waals surface area contributed by atoms with Gasteiger partial charge in [0.25, 0.3) is 0 Å². The highest BCUT2D eigenvalue weighted by Gasteiger charge is 2.12. The summed E-state index contributed by atoms with van der Waals surface area (Å²) < 4.78 is 0. The largest absolute Gasteiger partial charge is 0.508 e. The molecule has 0 fully saturated rings. The molecule has 5 nitrogen and oxygen atoms in total. The molecule has 0 spiro atoms. The molecule has 17 heavy (non-hydrogen) atoms. The molecule has 0 saturated carbocycles. The zero-order chi connectivity index (χ0) is 14.1. The van der Waals surface area contributed by atoms with Crippen LogP contribution in [-0.4, -0.2) is 17.9 Å². The molecule has 96 valence electrons. The van der Waals surface area contributed by atoms with Crippen LogP contribution in [0.3, 0.4) is 0 Å². The van der Waals surface area contributed by atoms with Crippen molar-refractivity contribution < 1.29 is 14.7 Å². The van der Waals surface area contributed by atoms with Gasteiger partial charge >= 0.3 is 6.03 Å². The number of benzene rings is 1. The quantitative estimate of drug-likeness (QED) is 0.640. The standard InChI is InChI=1S/C10H14O.CH4N2O.CH2O/c1-10(2,3)8-4-6-9(11)7-5-8;2-1(3)4;1-2/h4-7,11H,1-3H3;(H4,2,3,4);1H2. The number of carbonyl (C=O) groups is 2. The van der Waals surface area contributed by atoms with Gasteiger partial charge in [-0.25, -0.2) is 4.79 Å². The number of nitrogens with two attached hydrogens (primary N) is 2. The van der Waals surface area contributed by atoms with Gasteiger partial charge in [0.15, 0.2) is 0 Å². The van der Waals surface area contributed by atoms with E-state index in [0.29, 0.717) is 5.75 Å². The molecule has 5 N–H and O–H groups in total. The molecule has 0 unspecified atom stereocenters. The molecule has 5 heteroatoms. The zero-order valence-electron chi connectivity index (χ0n) is 10.4. The van der Waals surface area contributed by atoms with Crippen LogP contribution in [-0.2, 0) is 10.2 Å². The second-order valence-electron chi connectivity index (χ2n) is 4.20. The summed E-state index contributed by atoms with van der Waals surface area (Å²) >= 11 is 0. The van der Waals surface area contributed by atoms with Gasteiger partial charge in [-0.3, -0.25) is 0 Å². The lowest BCUT2D eigenvalue weighted by Gasteiger charge is -2.18. The summed E-state index contributed by atoms with van der Waals surface area (Å²) in [6.07, 6.45) is 0. The minimum atomic E-state index is -0.833. The first-order chi connectivity index (χ1) is 7.73. The van der Waals surface area contributed by atoms with Crippen LogP contribution in [0.4, 0.5) is 4.79 Å². The van der Waals surface area contributed by atoms with Gasteiger partial charge < -0.3 is 21.4 Å². The van der Waals surface area contributed by atoms with E-state index in [1.807, 2.05) is 18.9 Å². The number of aromatic hydroxyl groups is 1. The average molecular weight is 240 g/mol. The fourth-order valence-corrected chi connectivity index (χ4v) is 0.961. The summed E-state index contributed by atoms with van der Waals surface area (Å²) in [7, 11) is 0. The van der Waals surface area contributed by atoms with Crippen molar-refractivity contribution in [2.75, 3.05) is 0 Å². The first-order valence-corrected chi connectivity index (χ1v) is 4.87. The third-order valence-electron chi connectivity index (χ3n) is 1.73. The molecule has 1 aromatic carbocycles. The van der Waals surface area contributed by atoms with Crippen molar-refractivity contribution in [2.24, 2.45) is 11.5 Å². The van der Waals surface area contributed by atoms with Crippen LogP contribution >= 0.6 is 0 Å². The van der Waals surface area contributed by atoms with Crippen molar-refractivity contribution in [3.63, 3.8) is 0 Å². The maximum Gasteiger partial charge on any atom is 0.309 e. The van der Waals surface area contributed by atoms with Gasteiger partial charge in [0.05, 0.1) is 0 Å². The van der Waals surface area contributed by atoms with Crippen LogP contribution in [0.2, 0.25) is 0 Å². The molecule has 0 aromatic heterocycles. The Morgan fingerprint density at radius 3 is 1.65 bits per heavy atom. The average Bonchev–Trinajstić information content (AvgIpc) is 2.19. The van der Waals surface area contributed by atoms with Crippen LogP contribution in [0, 0.1) is 0 Å². The molecular formula is C12H20N2O3. The predicted octanol–water partition coefficient (Wildman–Crippen LogP) is 1.53. The Kier molecular flexibility index (Phi) is 8.32. The van der Waals surface area contributed by atoms with Crippen molar-refractivity contribution in [1.29, 1.82) is 0 Å². The van der Waals surface area contributed by atoms with Crippen LogP contribution in [0.15, 0.2) is 24.3 Å². The Morgan fingerprint density at radius 1 is 1.12 bits per heavy atom. The Bertz CT molecular complexity index is 325. The molecule has 2 amide bonds. The Hall–Kier alpha value is -2.04. The fourth-order valence-electron chi connectivity index (χ4n) is 0.961. The van der Waals surface area contributed by atoms with Gasteiger partial charge in [0, 0.05) is 0 Å². The van der Waals surface area contributed by atoms with Crippen molar-refractivity contribution >= 4 is 12.8 Å². The molecule has 0 atom stereocenters. The molecule has 0 bridgehead atoms. The summed E-state index contributed by atoms with van der Waals surface area (Å²) in [5.41, 5.74) is 9.92. The lowest BCUT2D eigenvalue weighted by Crippen LogP contribution is -2.18. The second-order valence-corrected chi connectivity index (χ2v) is 4.20. The van der Waals surface area contributed by atoms with Crippen molar-refractivity contribution in [3.8, 4) is 5.75 Å². The van der Waals surface area contributed by atoms with E-state index in [-0.39, 0.29) is 5.41 Å². The van der Waals surface area contributed by atoms with E-state index in [0.717, 1.165) is 0 Å².